The Morgan fingerprint density at radius 3 is 1.33 bits per heavy atom. The Morgan fingerprint density at radius 2 is 1.13 bits per heavy atom. The monoisotopic (exact) mass is 232 g/mol. The highest BCUT2D eigenvalue weighted by Crippen LogP contribution is 1.94. The molecule has 0 saturated heterocycles. The Bertz CT molecular complexity index is 229. The number of carbonyl (C=O) groups excluding carboxylic acids is 2. The zero-order valence-corrected chi connectivity index (χ0v) is 11.2. The average Bonchev–Trinajstić information content (AvgIpc) is 2.01. The molecule has 0 saturated carbocycles. The summed E-state index contributed by atoms with van der Waals surface area (Å²) in [6, 6.07) is -0.378. The van der Waals surface area contributed by atoms with Crippen LogP contribution in [0.2, 0.25) is 13.1 Å². The molecule has 0 aliphatic rings. The molecule has 0 aromatic rings. The van der Waals surface area contributed by atoms with Gasteiger partial charge in [-0.1, -0.05) is 0 Å². The molecule has 15 heavy (non-hydrogen) atoms. The molecule has 0 bridgehead atoms. The fraction of sp³-hybridized carbons (Fsp3) is 0.750. The van der Waals surface area contributed by atoms with Crippen LogP contribution < -0.4 is 9.96 Å². The normalized spacial score (nSPS) is 10.5. The largest absolute Gasteiger partial charge is 0.347 e. The number of carbonyl (C=O) groups is 2. The lowest BCUT2D eigenvalue weighted by molar-refractivity contribution is 0.220. The van der Waals surface area contributed by atoms with Crippen LogP contribution in [0.5, 0.6) is 0 Å². The topological polar surface area (TPSA) is 64.7 Å². The quantitative estimate of drug-likeness (QED) is 0.669. The second-order valence-corrected chi connectivity index (χ2v) is 8.02. The molecule has 0 spiro atoms. The van der Waals surface area contributed by atoms with Crippen molar-refractivity contribution >= 4 is 20.5 Å². The fourth-order valence-corrected chi connectivity index (χ4v) is 2.37. The molecular formula is C8H20N4O2Si. The summed E-state index contributed by atoms with van der Waals surface area (Å²) in [6.45, 7) is 3.71. The van der Waals surface area contributed by atoms with E-state index in [1.54, 1.807) is 28.2 Å². The SMILES string of the molecule is CN(C)C(=O)N[Si](C)(C)NC(=O)N(C)C. The minimum Gasteiger partial charge on any atom is -0.347 e. The number of urea groups is 2. The second kappa shape index (κ2) is 5.01. The molecular weight excluding hydrogens is 212 g/mol. The first-order chi connectivity index (χ1) is 6.65. The Labute approximate surface area is 91.8 Å². The third-order valence-electron chi connectivity index (χ3n) is 1.65. The standard InChI is InChI=1S/C8H20N4O2Si/c1-11(2)7(13)9-15(5,6)10-8(14)12(3)4/h1-6H3,(H,9,13)(H,10,14). The van der Waals surface area contributed by atoms with Gasteiger partial charge < -0.3 is 19.8 Å². The zero-order valence-electron chi connectivity index (χ0n) is 10.2. The van der Waals surface area contributed by atoms with Gasteiger partial charge in [-0.15, -0.1) is 0 Å². The summed E-state index contributed by atoms with van der Waals surface area (Å²) in [5.74, 6) is 0. The highest BCUT2D eigenvalue weighted by Gasteiger charge is 2.27. The molecule has 0 radical (unpaired) electrons. The van der Waals surface area contributed by atoms with Crippen molar-refractivity contribution in [3.8, 4) is 0 Å². The van der Waals surface area contributed by atoms with Crippen LogP contribution in [0, 0.1) is 0 Å². The highest BCUT2D eigenvalue weighted by molar-refractivity contribution is 6.76. The lowest BCUT2D eigenvalue weighted by Gasteiger charge is -2.27. The van der Waals surface area contributed by atoms with Crippen LogP contribution in [0.25, 0.3) is 0 Å². The number of amides is 4. The van der Waals surface area contributed by atoms with Crippen LogP contribution in [-0.2, 0) is 0 Å². The van der Waals surface area contributed by atoms with E-state index in [2.05, 4.69) is 9.96 Å². The summed E-state index contributed by atoms with van der Waals surface area (Å²) < 4.78 is 0. The number of hydrogen-bond donors (Lipinski definition) is 2. The molecule has 2 N–H and O–H groups in total. The third kappa shape index (κ3) is 5.26. The maximum atomic E-state index is 11.4. The predicted molar refractivity (Wildman–Crippen MR) is 61.9 cm³/mol. The summed E-state index contributed by atoms with van der Waals surface area (Å²) in [4.78, 5) is 31.3. The van der Waals surface area contributed by atoms with E-state index in [0.717, 1.165) is 0 Å². The third-order valence-corrected chi connectivity index (χ3v) is 3.33. The first kappa shape index (κ1) is 13.8. The van der Waals surface area contributed by atoms with Crippen molar-refractivity contribution in [2.75, 3.05) is 28.2 Å². The Kier molecular flexibility index (Phi) is 4.60. The summed E-state index contributed by atoms with van der Waals surface area (Å²) in [6.07, 6.45) is 0. The van der Waals surface area contributed by atoms with E-state index in [1.165, 1.54) is 9.80 Å². The maximum Gasteiger partial charge on any atom is 0.310 e. The Hall–Kier alpha value is -1.24. The van der Waals surface area contributed by atoms with E-state index < -0.39 is 8.40 Å². The summed E-state index contributed by atoms with van der Waals surface area (Å²) >= 11 is 0. The molecule has 0 aliphatic carbocycles. The van der Waals surface area contributed by atoms with Gasteiger partial charge >= 0.3 is 12.1 Å². The highest BCUT2D eigenvalue weighted by atomic mass is 28.3. The van der Waals surface area contributed by atoms with Crippen molar-refractivity contribution in [1.82, 2.24) is 19.8 Å². The van der Waals surface area contributed by atoms with Crippen molar-refractivity contribution in [3.63, 3.8) is 0 Å². The van der Waals surface area contributed by atoms with Crippen LogP contribution in [-0.4, -0.2) is 58.4 Å². The van der Waals surface area contributed by atoms with Gasteiger partial charge in [-0.05, 0) is 13.1 Å². The van der Waals surface area contributed by atoms with Gasteiger partial charge in [0.25, 0.3) is 8.40 Å². The van der Waals surface area contributed by atoms with E-state index >= 15 is 0 Å². The molecule has 0 atom stereocenters. The first-order valence-electron chi connectivity index (χ1n) is 4.64. The van der Waals surface area contributed by atoms with Crippen LogP contribution in [0.4, 0.5) is 9.59 Å². The molecule has 0 aromatic heterocycles. The van der Waals surface area contributed by atoms with Crippen molar-refractivity contribution in [2.24, 2.45) is 0 Å². The maximum absolute atomic E-state index is 11.4. The minimum atomic E-state index is -2.24. The molecule has 0 unspecified atom stereocenters. The van der Waals surface area contributed by atoms with Crippen molar-refractivity contribution in [2.45, 2.75) is 13.1 Å². The number of hydrogen-bond acceptors (Lipinski definition) is 2. The number of rotatable bonds is 2. The van der Waals surface area contributed by atoms with E-state index in [9.17, 15) is 9.59 Å². The van der Waals surface area contributed by atoms with Gasteiger partial charge in [0.1, 0.15) is 0 Å². The smallest absolute Gasteiger partial charge is 0.310 e. The lowest BCUT2D eigenvalue weighted by Crippen LogP contribution is -2.64. The van der Waals surface area contributed by atoms with Gasteiger partial charge in [-0.2, -0.15) is 0 Å². The minimum absolute atomic E-state index is 0.189. The summed E-state index contributed by atoms with van der Waals surface area (Å²) in [7, 11) is 4.40. The van der Waals surface area contributed by atoms with Gasteiger partial charge in [0, 0.05) is 28.2 Å². The van der Waals surface area contributed by atoms with Crippen LogP contribution >= 0.6 is 0 Å². The van der Waals surface area contributed by atoms with Gasteiger partial charge in [-0.3, -0.25) is 0 Å². The van der Waals surface area contributed by atoms with E-state index in [4.69, 9.17) is 0 Å². The molecule has 7 heteroatoms. The zero-order chi connectivity index (χ0) is 12.2. The van der Waals surface area contributed by atoms with Crippen LogP contribution in [0.15, 0.2) is 0 Å². The van der Waals surface area contributed by atoms with Gasteiger partial charge in [0.05, 0.1) is 0 Å². The molecule has 4 amide bonds. The Morgan fingerprint density at radius 1 is 0.867 bits per heavy atom. The van der Waals surface area contributed by atoms with Gasteiger partial charge in [0.2, 0.25) is 0 Å². The van der Waals surface area contributed by atoms with Crippen molar-refractivity contribution in [3.05, 3.63) is 0 Å². The Balaban J connectivity index is 4.31. The lowest BCUT2D eigenvalue weighted by atomic mass is 10.9. The molecule has 0 heterocycles. The number of nitrogens with one attached hydrogen (secondary N) is 2. The van der Waals surface area contributed by atoms with Crippen LogP contribution in [0.3, 0.4) is 0 Å². The molecule has 88 valence electrons. The van der Waals surface area contributed by atoms with Crippen molar-refractivity contribution < 1.29 is 9.59 Å². The second-order valence-electron chi connectivity index (χ2n) is 4.27. The van der Waals surface area contributed by atoms with Crippen LogP contribution in [0.1, 0.15) is 0 Å². The molecule has 0 rings (SSSR count). The summed E-state index contributed by atoms with van der Waals surface area (Å²) in [5.41, 5.74) is 0. The van der Waals surface area contributed by atoms with Gasteiger partial charge in [-0.25, -0.2) is 9.59 Å². The summed E-state index contributed by atoms with van der Waals surface area (Å²) in [5, 5.41) is 0. The van der Waals surface area contributed by atoms with E-state index in [0.29, 0.717) is 0 Å². The fourth-order valence-electron chi connectivity index (χ4n) is 0.790. The van der Waals surface area contributed by atoms with Gasteiger partial charge in [0.15, 0.2) is 0 Å². The molecule has 6 nitrogen and oxygen atoms in total. The van der Waals surface area contributed by atoms with Crippen molar-refractivity contribution in [1.29, 1.82) is 0 Å². The van der Waals surface area contributed by atoms with E-state index in [1.807, 2.05) is 13.1 Å². The molecule has 0 fully saturated rings. The average molecular weight is 232 g/mol. The predicted octanol–water partition coefficient (Wildman–Crippen LogP) is 0.231. The molecule has 0 aliphatic heterocycles. The number of nitrogens with zero attached hydrogens (tertiary/aromatic N) is 2. The first-order valence-corrected chi connectivity index (χ1v) is 7.64. The van der Waals surface area contributed by atoms with E-state index in [-0.39, 0.29) is 12.1 Å². The molecule has 0 aromatic carbocycles.